The van der Waals surface area contributed by atoms with Gasteiger partial charge in [-0.05, 0) is 50.9 Å². The monoisotopic (exact) mass is 351 g/mol. The van der Waals surface area contributed by atoms with Crippen molar-refractivity contribution >= 4 is 12.1 Å². The summed E-state index contributed by atoms with van der Waals surface area (Å²) < 4.78 is 9.95. The molecule has 0 saturated heterocycles. The van der Waals surface area contributed by atoms with Crippen LogP contribution in [0, 0.1) is 11.8 Å². The van der Waals surface area contributed by atoms with Crippen LogP contribution in [0.25, 0.3) is 0 Å². The Morgan fingerprint density at radius 1 is 0.920 bits per heavy atom. The van der Waals surface area contributed by atoms with Crippen LogP contribution in [0.4, 0.5) is 4.79 Å². The number of hydrogen-bond acceptors (Lipinski definition) is 4. The Morgan fingerprint density at radius 2 is 1.52 bits per heavy atom. The topological polar surface area (TPSA) is 64.6 Å². The van der Waals surface area contributed by atoms with Gasteiger partial charge in [-0.15, -0.1) is 0 Å². The maximum Gasteiger partial charge on any atom is 0.407 e. The third-order valence-corrected chi connectivity index (χ3v) is 5.46. The van der Waals surface area contributed by atoms with E-state index in [0.29, 0.717) is 5.57 Å². The molecule has 0 heterocycles. The molecule has 0 atom stereocenters. The van der Waals surface area contributed by atoms with E-state index in [1.54, 1.807) is 6.92 Å². The van der Waals surface area contributed by atoms with Gasteiger partial charge in [0.1, 0.15) is 13.2 Å². The van der Waals surface area contributed by atoms with Gasteiger partial charge in [0.25, 0.3) is 0 Å². The lowest BCUT2D eigenvalue weighted by molar-refractivity contribution is -0.139. The summed E-state index contributed by atoms with van der Waals surface area (Å²) in [4.78, 5) is 23.0. The minimum Gasteiger partial charge on any atom is -0.459 e. The Hall–Kier alpha value is -1.52. The fourth-order valence-electron chi connectivity index (χ4n) is 4.04. The van der Waals surface area contributed by atoms with Gasteiger partial charge in [-0.2, -0.15) is 0 Å². The summed E-state index contributed by atoms with van der Waals surface area (Å²) in [6.45, 7) is 5.21. The SMILES string of the molecule is C=C(C)C(=O)OCCOC(=O)NC1CCC(CC2CCCCC2)CC1. The van der Waals surface area contributed by atoms with Crippen molar-refractivity contribution in [2.24, 2.45) is 11.8 Å². The van der Waals surface area contributed by atoms with Gasteiger partial charge in [0, 0.05) is 11.6 Å². The number of carbonyl (C=O) groups excluding carboxylic acids is 2. The molecule has 0 aromatic heterocycles. The Balaban J connectivity index is 1.54. The quantitative estimate of drug-likeness (QED) is 0.420. The first-order valence-electron chi connectivity index (χ1n) is 9.80. The molecule has 1 amide bonds. The molecular formula is C20H33NO4. The number of esters is 1. The van der Waals surface area contributed by atoms with Crippen LogP contribution in [0.1, 0.15) is 71.1 Å². The van der Waals surface area contributed by atoms with E-state index in [1.165, 1.54) is 51.4 Å². The summed E-state index contributed by atoms with van der Waals surface area (Å²) in [7, 11) is 0. The highest BCUT2D eigenvalue weighted by molar-refractivity contribution is 5.86. The Kier molecular flexibility index (Phi) is 8.29. The number of rotatable bonds is 7. The van der Waals surface area contributed by atoms with Crippen LogP contribution in [0.5, 0.6) is 0 Å². The second-order valence-corrected chi connectivity index (χ2v) is 7.65. The van der Waals surface area contributed by atoms with E-state index >= 15 is 0 Å². The van der Waals surface area contributed by atoms with Crippen molar-refractivity contribution < 1.29 is 19.1 Å². The van der Waals surface area contributed by atoms with Crippen LogP contribution in [0.15, 0.2) is 12.2 Å². The van der Waals surface area contributed by atoms with Crippen LogP contribution >= 0.6 is 0 Å². The standard InChI is InChI=1S/C20H33NO4/c1-15(2)19(22)24-12-13-25-20(23)21-18-10-8-17(9-11-18)14-16-6-4-3-5-7-16/h16-18H,1,3-14H2,2H3,(H,21,23). The highest BCUT2D eigenvalue weighted by Crippen LogP contribution is 2.35. The lowest BCUT2D eigenvalue weighted by Gasteiger charge is -2.32. The Labute approximate surface area is 151 Å². The van der Waals surface area contributed by atoms with Gasteiger partial charge in [-0.25, -0.2) is 9.59 Å². The van der Waals surface area contributed by atoms with E-state index in [4.69, 9.17) is 9.47 Å². The zero-order valence-corrected chi connectivity index (χ0v) is 15.6. The largest absolute Gasteiger partial charge is 0.459 e. The summed E-state index contributed by atoms with van der Waals surface area (Å²) in [5, 5.41) is 2.93. The molecule has 0 spiro atoms. The van der Waals surface area contributed by atoms with Crippen molar-refractivity contribution in [3.63, 3.8) is 0 Å². The Bertz CT molecular complexity index is 449. The smallest absolute Gasteiger partial charge is 0.407 e. The summed E-state index contributed by atoms with van der Waals surface area (Å²) in [6.07, 6.45) is 12.5. The zero-order valence-electron chi connectivity index (χ0n) is 15.6. The summed E-state index contributed by atoms with van der Waals surface area (Å²) in [6, 6.07) is 0.216. The van der Waals surface area contributed by atoms with E-state index in [0.717, 1.165) is 24.7 Å². The van der Waals surface area contributed by atoms with Crippen LogP contribution in [-0.4, -0.2) is 31.3 Å². The maximum absolute atomic E-state index is 11.8. The zero-order chi connectivity index (χ0) is 18.1. The molecule has 2 rings (SSSR count). The summed E-state index contributed by atoms with van der Waals surface area (Å²) >= 11 is 0. The van der Waals surface area contributed by atoms with Gasteiger partial charge < -0.3 is 14.8 Å². The fourth-order valence-corrected chi connectivity index (χ4v) is 4.04. The molecule has 5 nitrogen and oxygen atoms in total. The van der Waals surface area contributed by atoms with Gasteiger partial charge in [0.05, 0.1) is 0 Å². The van der Waals surface area contributed by atoms with Gasteiger partial charge >= 0.3 is 12.1 Å². The third-order valence-electron chi connectivity index (χ3n) is 5.46. The van der Waals surface area contributed by atoms with E-state index < -0.39 is 12.1 Å². The molecule has 1 N–H and O–H groups in total. The van der Waals surface area contributed by atoms with Crippen molar-refractivity contribution in [3.05, 3.63) is 12.2 Å². The number of carbonyl (C=O) groups is 2. The van der Waals surface area contributed by atoms with Crippen LogP contribution in [0.2, 0.25) is 0 Å². The molecule has 0 aliphatic heterocycles. The van der Waals surface area contributed by atoms with Gasteiger partial charge in [0.2, 0.25) is 0 Å². The minimum atomic E-state index is -0.458. The van der Waals surface area contributed by atoms with E-state index in [1.807, 2.05) is 0 Å². The van der Waals surface area contributed by atoms with Crippen molar-refractivity contribution in [1.29, 1.82) is 0 Å². The predicted octanol–water partition coefficient (Wildman–Crippen LogP) is 4.36. The number of ether oxygens (including phenoxy) is 2. The summed E-state index contributed by atoms with van der Waals surface area (Å²) in [5.74, 6) is 1.31. The molecule has 25 heavy (non-hydrogen) atoms. The number of alkyl carbamates (subject to hydrolysis) is 1. The third kappa shape index (κ3) is 7.49. The first-order chi connectivity index (χ1) is 12.0. The normalized spacial score (nSPS) is 24.4. The number of amides is 1. The highest BCUT2D eigenvalue weighted by atomic mass is 16.6. The number of hydrogen-bond donors (Lipinski definition) is 1. The van der Waals surface area contributed by atoms with Crippen LogP contribution in [-0.2, 0) is 14.3 Å². The van der Waals surface area contributed by atoms with Crippen LogP contribution in [0.3, 0.4) is 0 Å². The van der Waals surface area contributed by atoms with Crippen molar-refractivity contribution in [2.75, 3.05) is 13.2 Å². The van der Waals surface area contributed by atoms with Crippen LogP contribution < -0.4 is 5.32 Å². The van der Waals surface area contributed by atoms with Gasteiger partial charge in [0.15, 0.2) is 0 Å². The first-order valence-corrected chi connectivity index (χ1v) is 9.80. The average molecular weight is 351 g/mol. The molecule has 2 aliphatic rings. The molecular weight excluding hydrogens is 318 g/mol. The van der Waals surface area contributed by atoms with Crippen molar-refractivity contribution in [1.82, 2.24) is 5.32 Å². The molecule has 0 aromatic carbocycles. The lowest BCUT2D eigenvalue weighted by Crippen LogP contribution is -2.38. The minimum absolute atomic E-state index is 0.0627. The molecule has 0 bridgehead atoms. The molecule has 2 aliphatic carbocycles. The highest BCUT2D eigenvalue weighted by Gasteiger charge is 2.25. The molecule has 0 unspecified atom stereocenters. The molecule has 142 valence electrons. The number of nitrogens with one attached hydrogen (secondary N) is 1. The predicted molar refractivity (Wildman–Crippen MR) is 97.2 cm³/mol. The molecule has 0 radical (unpaired) electrons. The maximum atomic E-state index is 11.8. The van der Waals surface area contributed by atoms with E-state index in [-0.39, 0.29) is 19.3 Å². The molecule has 5 heteroatoms. The average Bonchev–Trinajstić information content (AvgIpc) is 2.61. The lowest BCUT2D eigenvalue weighted by atomic mass is 9.76. The van der Waals surface area contributed by atoms with E-state index in [9.17, 15) is 9.59 Å². The first kappa shape index (κ1) is 19.8. The van der Waals surface area contributed by atoms with E-state index in [2.05, 4.69) is 11.9 Å². The second kappa shape index (κ2) is 10.5. The Morgan fingerprint density at radius 3 is 2.16 bits per heavy atom. The molecule has 0 aromatic rings. The summed E-state index contributed by atoms with van der Waals surface area (Å²) in [5.41, 5.74) is 0.342. The molecule has 2 fully saturated rings. The van der Waals surface area contributed by atoms with Gasteiger partial charge in [-0.1, -0.05) is 38.7 Å². The fraction of sp³-hybridized carbons (Fsp3) is 0.800. The van der Waals surface area contributed by atoms with Crippen molar-refractivity contribution in [2.45, 2.75) is 77.2 Å². The van der Waals surface area contributed by atoms with Crippen molar-refractivity contribution in [3.8, 4) is 0 Å². The second-order valence-electron chi connectivity index (χ2n) is 7.65. The molecule has 2 saturated carbocycles. The van der Waals surface area contributed by atoms with Gasteiger partial charge in [-0.3, -0.25) is 0 Å².